The van der Waals surface area contributed by atoms with Crippen LogP contribution in [-0.4, -0.2) is 26.6 Å². The largest absolute Gasteiger partial charge is 0.494 e. The third-order valence-corrected chi connectivity index (χ3v) is 6.05. The van der Waals surface area contributed by atoms with Crippen molar-refractivity contribution in [2.75, 3.05) is 0 Å². The Labute approximate surface area is 190 Å². The van der Waals surface area contributed by atoms with Crippen LogP contribution < -0.4 is 16.2 Å². The maximum Gasteiger partial charge on any atom is 0.322 e. The number of amides is 3. The fourth-order valence-corrected chi connectivity index (χ4v) is 4.32. The van der Waals surface area contributed by atoms with Crippen molar-refractivity contribution >= 4 is 34.3 Å². The molecule has 166 valence electrons. The highest BCUT2D eigenvalue weighted by Crippen LogP contribution is 2.35. The van der Waals surface area contributed by atoms with Gasteiger partial charge in [-0.3, -0.25) is 14.9 Å². The first kappa shape index (κ1) is 20.8. The Balaban J connectivity index is 1.58. The van der Waals surface area contributed by atoms with Crippen molar-refractivity contribution in [2.45, 2.75) is 12.1 Å². The molecular formula is C23H16ClFN4O4. The van der Waals surface area contributed by atoms with Crippen molar-refractivity contribution < 1.29 is 19.1 Å². The minimum absolute atomic E-state index is 0.141. The molecule has 0 radical (unpaired) electrons. The molecule has 1 fully saturated rings. The highest BCUT2D eigenvalue weighted by atomic mass is 35.5. The second-order valence-electron chi connectivity index (χ2n) is 7.76. The van der Waals surface area contributed by atoms with Gasteiger partial charge in [0.2, 0.25) is 5.56 Å². The van der Waals surface area contributed by atoms with Crippen LogP contribution in [0.15, 0.2) is 65.7 Å². The van der Waals surface area contributed by atoms with E-state index in [1.54, 1.807) is 30.5 Å². The predicted molar refractivity (Wildman–Crippen MR) is 119 cm³/mol. The number of imide groups is 1. The van der Waals surface area contributed by atoms with Gasteiger partial charge >= 0.3 is 6.03 Å². The summed E-state index contributed by atoms with van der Waals surface area (Å²) in [5, 5.41) is 16.8. The molecule has 0 saturated carbocycles. The number of halogens is 2. The molecule has 4 N–H and O–H groups in total. The summed E-state index contributed by atoms with van der Waals surface area (Å²) in [6.45, 7) is -0.141. The fourth-order valence-electron chi connectivity index (χ4n) is 4.10. The average Bonchev–Trinajstić information content (AvgIpc) is 3.25. The molecule has 0 aliphatic carbocycles. The van der Waals surface area contributed by atoms with Gasteiger partial charge in [-0.15, -0.1) is 0 Å². The first-order valence-electron chi connectivity index (χ1n) is 9.87. The summed E-state index contributed by atoms with van der Waals surface area (Å²) < 4.78 is 15.0. The van der Waals surface area contributed by atoms with E-state index in [1.165, 1.54) is 35.0 Å². The molecule has 0 bridgehead atoms. The summed E-state index contributed by atoms with van der Waals surface area (Å²) >= 11 is 6.19. The lowest BCUT2D eigenvalue weighted by molar-refractivity contribution is -0.124. The maximum atomic E-state index is 13.6. The Morgan fingerprint density at radius 2 is 1.82 bits per heavy atom. The first-order valence-corrected chi connectivity index (χ1v) is 10.2. The van der Waals surface area contributed by atoms with Gasteiger partial charge < -0.3 is 20.0 Å². The van der Waals surface area contributed by atoms with Crippen molar-refractivity contribution in [1.82, 2.24) is 20.2 Å². The van der Waals surface area contributed by atoms with Gasteiger partial charge in [0.25, 0.3) is 5.91 Å². The molecule has 5 rings (SSSR count). The lowest BCUT2D eigenvalue weighted by Crippen LogP contribution is -2.47. The van der Waals surface area contributed by atoms with E-state index in [1.807, 2.05) is 0 Å². The van der Waals surface area contributed by atoms with Gasteiger partial charge in [0.15, 0.2) is 11.4 Å². The second kappa shape index (κ2) is 7.49. The number of nitrogens with one attached hydrogen (secondary N) is 3. The molecule has 4 aromatic rings. The Hall–Kier alpha value is -4.11. The van der Waals surface area contributed by atoms with Crippen LogP contribution in [-0.2, 0) is 16.9 Å². The molecule has 2 aromatic carbocycles. The van der Waals surface area contributed by atoms with Crippen LogP contribution in [0.25, 0.3) is 21.9 Å². The fraction of sp³-hybridized carbons (Fsp3) is 0.0870. The van der Waals surface area contributed by atoms with Crippen molar-refractivity contribution in [3.63, 3.8) is 0 Å². The van der Waals surface area contributed by atoms with Crippen molar-refractivity contribution in [2.24, 2.45) is 0 Å². The summed E-state index contributed by atoms with van der Waals surface area (Å²) in [4.78, 5) is 39.2. The van der Waals surface area contributed by atoms with Crippen molar-refractivity contribution in [1.29, 1.82) is 0 Å². The molecular weight excluding hydrogens is 451 g/mol. The van der Waals surface area contributed by atoms with Crippen LogP contribution >= 0.6 is 11.6 Å². The van der Waals surface area contributed by atoms with Crippen LogP contribution in [0.2, 0.25) is 5.02 Å². The van der Waals surface area contributed by atoms with Gasteiger partial charge in [0, 0.05) is 34.8 Å². The van der Waals surface area contributed by atoms with Gasteiger partial charge in [-0.1, -0.05) is 35.9 Å². The van der Waals surface area contributed by atoms with Crippen molar-refractivity contribution in [3.05, 3.63) is 87.7 Å². The third kappa shape index (κ3) is 3.42. The highest BCUT2D eigenvalue weighted by molar-refractivity contribution is 6.33. The number of aromatic nitrogens is 2. The van der Waals surface area contributed by atoms with Crippen molar-refractivity contribution in [3.8, 4) is 17.0 Å². The van der Waals surface area contributed by atoms with Gasteiger partial charge in [-0.25, -0.2) is 9.18 Å². The summed E-state index contributed by atoms with van der Waals surface area (Å²) in [6.07, 6.45) is 2.97. The molecule has 10 heteroatoms. The van der Waals surface area contributed by atoms with E-state index in [9.17, 15) is 23.9 Å². The van der Waals surface area contributed by atoms with E-state index in [0.717, 1.165) is 0 Å². The zero-order valence-corrected chi connectivity index (χ0v) is 17.6. The molecule has 3 heterocycles. The first-order chi connectivity index (χ1) is 15.8. The number of aromatic hydroxyl groups is 1. The van der Waals surface area contributed by atoms with E-state index in [4.69, 9.17) is 11.6 Å². The smallest absolute Gasteiger partial charge is 0.322 e. The monoisotopic (exact) mass is 466 g/mol. The Morgan fingerprint density at radius 1 is 1.06 bits per heavy atom. The minimum atomic E-state index is -1.53. The Bertz CT molecular complexity index is 1490. The lowest BCUT2D eigenvalue weighted by Gasteiger charge is -2.27. The van der Waals surface area contributed by atoms with Crippen LogP contribution in [0.4, 0.5) is 9.18 Å². The maximum absolute atomic E-state index is 13.6. The normalized spacial score (nSPS) is 17.9. The quantitative estimate of drug-likeness (QED) is 0.345. The second-order valence-corrected chi connectivity index (χ2v) is 8.17. The van der Waals surface area contributed by atoms with Crippen LogP contribution in [0.5, 0.6) is 5.88 Å². The molecule has 2 aromatic heterocycles. The van der Waals surface area contributed by atoms with E-state index in [0.29, 0.717) is 27.1 Å². The topological polar surface area (TPSA) is 116 Å². The molecule has 0 spiro atoms. The number of carbonyl (C=O) groups excluding carboxylic acids is 2. The molecule has 1 aliphatic heterocycles. The number of hydrogen-bond acceptors (Lipinski definition) is 4. The molecule has 0 unspecified atom stereocenters. The van der Waals surface area contributed by atoms with Crippen LogP contribution in [0, 0.1) is 5.82 Å². The van der Waals surface area contributed by atoms with E-state index >= 15 is 0 Å². The molecule has 33 heavy (non-hydrogen) atoms. The number of pyridine rings is 1. The number of rotatable bonds is 4. The molecule has 1 atom stereocenters. The van der Waals surface area contributed by atoms with Gasteiger partial charge in [0.1, 0.15) is 5.82 Å². The average molecular weight is 467 g/mol. The molecule has 1 aliphatic rings. The zero-order valence-electron chi connectivity index (χ0n) is 16.9. The third-order valence-electron chi connectivity index (χ3n) is 5.73. The number of fused-ring (bicyclic) bond motifs is 1. The SMILES string of the molecule is O=C1NC(=O)[C@](Cn2cc3ccc(F)cc3c2O)(c2ccc(-c3cc(=O)[nH]cc3Cl)cc2)N1. The molecule has 3 amide bonds. The summed E-state index contributed by atoms with van der Waals surface area (Å²) in [5.74, 6) is -1.34. The zero-order chi connectivity index (χ0) is 23.3. The summed E-state index contributed by atoms with van der Waals surface area (Å²) in [6, 6.07) is 11.3. The van der Waals surface area contributed by atoms with E-state index < -0.39 is 23.3 Å². The summed E-state index contributed by atoms with van der Waals surface area (Å²) in [5.41, 5.74) is -0.251. The van der Waals surface area contributed by atoms with Crippen LogP contribution in [0.3, 0.4) is 0 Å². The number of urea groups is 1. The number of benzene rings is 2. The number of nitrogens with zero attached hydrogens (tertiary/aromatic N) is 1. The minimum Gasteiger partial charge on any atom is -0.494 e. The Morgan fingerprint density at radius 3 is 2.52 bits per heavy atom. The van der Waals surface area contributed by atoms with Gasteiger partial charge in [0.05, 0.1) is 11.6 Å². The summed E-state index contributed by atoms with van der Waals surface area (Å²) in [7, 11) is 0. The van der Waals surface area contributed by atoms with Gasteiger partial charge in [-0.2, -0.15) is 0 Å². The predicted octanol–water partition coefficient (Wildman–Crippen LogP) is 3.23. The van der Waals surface area contributed by atoms with Crippen LogP contribution in [0.1, 0.15) is 5.56 Å². The highest BCUT2D eigenvalue weighted by Gasteiger charge is 2.48. The number of carbonyl (C=O) groups is 2. The van der Waals surface area contributed by atoms with E-state index in [2.05, 4.69) is 15.6 Å². The molecule has 1 saturated heterocycles. The van der Waals surface area contributed by atoms with E-state index in [-0.39, 0.29) is 23.4 Å². The number of hydrogen-bond donors (Lipinski definition) is 4. The number of aromatic amines is 1. The molecule has 8 nitrogen and oxygen atoms in total. The number of H-pyrrole nitrogens is 1. The standard InChI is InChI=1S/C23H16ClFN4O4/c24-18-9-26-19(30)8-16(18)12-1-4-14(5-2-12)23(21(32)27-22(33)28-23)11-29-10-13-3-6-15(25)7-17(13)20(29)31/h1-10,31H,11H2,(H,26,30)(H2,27,28,32,33)/t23-/m0/s1. The lowest BCUT2D eigenvalue weighted by atomic mass is 9.88. The Kier molecular flexibility index (Phi) is 4.71. The van der Waals surface area contributed by atoms with Gasteiger partial charge in [-0.05, 0) is 29.3 Å².